The summed E-state index contributed by atoms with van der Waals surface area (Å²) in [6, 6.07) is 7.69. The molecule has 2 rings (SSSR count). The van der Waals surface area contributed by atoms with Crippen LogP contribution in [0.3, 0.4) is 0 Å². The predicted octanol–water partition coefficient (Wildman–Crippen LogP) is 7.66. The highest BCUT2D eigenvalue weighted by Gasteiger charge is 2.32. The molecular formula is C16H9Br3F6O3. The lowest BCUT2D eigenvalue weighted by atomic mass is 10.1. The van der Waals surface area contributed by atoms with Gasteiger partial charge in [-0.3, -0.25) is 4.79 Å². The number of hydrogen-bond donors (Lipinski definition) is 0. The first-order chi connectivity index (χ1) is 12.6. The Morgan fingerprint density at radius 2 is 1.07 bits per heavy atom. The molecule has 0 saturated carbocycles. The third kappa shape index (κ3) is 10.3. The second-order valence-corrected chi connectivity index (χ2v) is 7.68. The Labute approximate surface area is 180 Å². The third-order valence-electron chi connectivity index (χ3n) is 2.58. The first-order valence-electron chi connectivity index (χ1n) is 6.94. The molecule has 0 aliphatic carbocycles. The van der Waals surface area contributed by atoms with Crippen molar-refractivity contribution in [1.29, 1.82) is 0 Å². The quantitative estimate of drug-likeness (QED) is 0.267. The van der Waals surface area contributed by atoms with Crippen molar-refractivity contribution in [3.05, 3.63) is 55.4 Å². The van der Waals surface area contributed by atoms with E-state index in [-0.39, 0.29) is 17.1 Å². The minimum Gasteiger partial charge on any atom is -0.406 e. The lowest BCUT2D eigenvalue weighted by molar-refractivity contribution is -0.275. The van der Waals surface area contributed by atoms with Crippen LogP contribution in [0.5, 0.6) is 11.5 Å². The maximum absolute atomic E-state index is 11.9. The van der Waals surface area contributed by atoms with Gasteiger partial charge in [-0.1, -0.05) is 47.8 Å². The maximum atomic E-state index is 11.9. The summed E-state index contributed by atoms with van der Waals surface area (Å²) in [6.07, 6.45) is -9.41. The highest BCUT2D eigenvalue weighted by atomic mass is 79.9. The molecule has 0 spiro atoms. The van der Waals surface area contributed by atoms with Gasteiger partial charge in [-0.25, -0.2) is 0 Å². The topological polar surface area (TPSA) is 35.5 Å². The van der Waals surface area contributed by atoms with E-state index in [1.165, 1.54) is 25.1 Å². The summed E-state index contributed by atoms with van der Waals surface area (Å²) in [7, 11) is 0. The van der Waals surface area contributed by atoms with Gasteiger partial charge in [0.25, 0.3) is 0 Å². The van der Waals surface area contributed by atoms with Crippen LogP contribution < -0.4 is 9.47 Å². The van der Waals surface area contributed by atoms with Gasteiger partial charge in [0.05, 0.1) is 0 Å². The van der Waals surface area contributed by atoms with Gasteiger partial charge in [0.15, 0.2) is 5.78 Å². The van der Waals surface area contributed by atoms with Crippen molar-refractivity contribution in [3.8, 4) is 11.5 Å². The van der Waals surface area contributed by atoms with E-state index in [9.17, 15) is 31.1 Å². The Balaban J connectivity index is 0.000000283. The van der Waals surface area contributed by atoms with Crippen LogP contribution in [-0.4, -0.2) is 18.5 Å². The largest absolute Gasteiger partial charge is 0.573 e. The number of rotatable bonds is 3. The summed E-state index contributed by atoms with van der Waals surface area (Å²) in [4.78, 5) is 11.0. The van der Waals surface area contributed by atoms with E-state index < -0.39 is 18.5 Å². The molecule has 0 atom stereocenters. The lowest BCUT2D eigenvalue weighted by Crippen LogP contribution is -2.17. The summed E-state index contributed by atoms with van der Waals surface area (Å²) in [5, 5.41) is 0. The molecule has 3 nitrogen and oxygen atoms in total. The fourth-order valence-electron chi connectivity index (χ4n) is 1.68. The standard InChI is InChI=1S/C9H6BrF3O2.C7H3Br2F3O/c1-5(14)6-2-7(10)4-8(3-6)15-9(11,12)13;8-4-1-5(9)3-6(2-4)13-7(10,11)12/h2-4H,1H3;1-3H. The van der Waals surface area contributed by atoms with E-state index in [0.29, 0.717) is 13.4 Å². The fraction of sp³-hybridized carbons (Fsp3) is 0.188. The van der Waals surface area contributed by atoms with Crippen molar-refractivity contribution in [2.45, 2.75) is 19.6 Å². The summed E-state index contributed by atoms with van der Waals surface area (Å²) >= 11 is 9.08. The van der Waals surface area contributed by atoms with Crippen LogP contribution in [0.2, 0.25) is 0 Å². The van der Waals surface area contributed by atoms with Gasteiger partial charge >= 0.3 is 12.7 Å². The second-order valence-electron chi connectivity index (χ2n) is 4.93. The third-order valence-corrected chi connectivity index (χ3v) is 3.95. The lowest BCUT2D eigenvalue weighted by Gasteiger charge is -2.09. The normalized spacial score (nSPS) is 11.4. The molecule has 0 heterocycles. The minimum atomic E-state index is -4.76. The molecule has 0 aliphatic heterocycles. The highest BCUT2D eigenvalue weighted by Crippen LogP contribution is 2.29. The van der Waals surface area contributed by atoms with Crippen LogP contribution >= 0.6 is 47.8 Å². The molecule has 0 N–H and O–H groups in total. The van der Waals surface area contributed by atoms with Gasteiger partial charge in [0.2, 0.25) is 0 Å². The number of hydrogen-bond acceptors (Lipinski definition) is 3. The van der Waals surface area contributed by atoms with Crippen molar-refractivity contribution in [1.82, 2.24) is 0 Å². The number of carbonyl (C=O) groups is 1. The predicted molar refractivity (Wildman–Crippen MR) is 99.4 cm³/mol. The molecule has 2 aromatic rings. The van der Waals surface area contributed by atoms with Crippen LogP contribution in [0.25, 0.3) is 0 Å². The van der Waals surface area contributed by atoms with Gasteiger partial charge in [0, 0.05) is 19.0 Å². The number of benzene rings is 2. The van der Waals surface area contributed by atoms with Crippen molar-refractivity contribution in [2.75, 3.05) is 0 Å². The number of halogens is 9. The Hall–Kier alpha value is -1.27. The average Bonchev–Trinajstić information content (AvgIpc) is 2.42. The molecule has 0 saturated heterocycles. The smallest absolute Gasteiger partial charge is 0.406 e. The molecule has 2 aromatic carbocycles. The first kappa shape index (κ1) is 24.8. The molecule has 0 bridgehead atoms. The number of alkyl halides is 6. The molecular weight excluding hydrogens is 594 g/mol. The summed E-state index contributed by atoms with van der Waals surface area (Å²) in [6.45, 7) is 1.26. The van der Waals surface area contributed by atoms with E-state index >= 15 is 0 Å². The summed E-state index contributed by atoms with van der Waals surface area (Å²) in [5.74, 6) is -1.00. The average molecular weight is 603 g/mol. The highest BCUT2D eigenvalue weighted by molar-refractivity contribution is 9.11. The number of ether oxygens (including phenoxy) is 2. The summed E-state index contributed by atoms with van der Waals surface area (Å²) in [5.41, 5.74) is 0.156. The maximum Gasteiger partial charge on any atom is 0.573 e. The van der Waals surface area contributed by atoms with Gasteiger partial charge in [-0.15, -0.1) is 26.3 Å². The summed E-state index contributed by atoms with van der Waals surface area (Å²) < 4.78 is 79.7. The van der Waals surface area contributed by atoms with Crippen molar-refractivity contribution < 1.29 is 40.6 Å². The molecule has 28 heavy (non-hydrogen) atoms. The van der Waals surface area contributed by atoms with Crippen molar-refractivity contribution >= 4 is 53.6 Å². The van der Waals surface area contributed by atoms with Gasteiger partial charge < -0.3 is 9.47 Å². The van der Waals surface area contributed by atoms with E-state index in [2.05, 4.69) is 57.3 Å². The Kier molecular flexibility index (Phi) is 8.82. The molecule has 154 valence electrons. The van der Waals surface area contributed by atoms with E-state index in [4.69, 9.17) is 0 Å². The molecule has 12 heteroatoms. The monoisotopic (exact) mass is 600 g/mol. The number of ketones is 1. The fourth-order valence-corrected chi connectivity index (χ4v) is 3.40. The zero-order chi connectivity index (χ0) is 21.7. The Morgan fingerprint density at radius 1 is 0.714 bits per heavy atom. The Morgan fingerprint density at radius 3 is 1.43 bits per heavy atom. The molecule has 0 amide bonds. The van der Waals surface area contributed by atoms with Gasteiger partial charge in [-0.05, 0) is 43.3 Å². The van der Waals surface area contributed by atoms with Crippen molar-refractivity contribution in [2.24, 2.45) is 0 Å². The van der Waals surface area contributed by atoms with E-state index in [1.807, 2.05) is 0 Å². The van der Waals surface area contributed by atoms with E-state index in [1.54, 1.807) is 6.07 Å². The SMILES string of the molecule is CC(=O)c1cc(Br)cc(OC(F)(F)F)c1.FC(F)(F)Oc1cc(Br)cc(Br)c1. The zero-order valence-corrected chi connectivity index (χ0v) is 18.3. The minimum absolute atomic E-state index is 0.156. The van der Waals surface area contributed by atoms with Crippen LogP contribution in [0.1, 0.15) is 17.3 Å². The van der Waals surface area contributed by atoms with E-state index in [0.717, 1.165) is 12.1 Å². The van der Waals surface area contributed by atoms with Gasteiger partial charge in [0.1, 0.15) is 11.5 Å². The Bertz CT molecular complexity index is 817. The second kappa shape index (κ2) is 9.97. The van der Waals surface area contributed by atoms with Crippen LogP contribution in [0, 0.1) is 0 Å². The number of Topliss-reactive ketones (excluding diaryl/α,β-unsaturated/α-hetero) is 1. The van der Waals surface area contributed by atoms with Crippen LogP contribution in [-0.2, 0) is 0 Å². The molecule has 0 radical (unpaired) electrons. The zero-order valence-electron chi connectivity index (χ0n) is 13.6. The molecule has 0 unspecified atom stereocenters. The number of carbonyl (C=O) groups excluding carboxylic acids is 1. The van der Waals surface area contributed by atoms with Crippen molar-refractivity contribution in [3.63, 3.8) is 0 Å². The molecule has 0 aromatic heterocycles. The molecule has 0 fully saturated rings. The van der Waals surface area contributed by atoms with Gasteiger partial charge in [-0.2, -0.15) is 0 Å². The van der Waals surface area contributed by atoms with Crippen LogP contribution in [0.4, 0.5) is 26.3 Å². The molecule has 0 aliphatic rings. The first-order valence-corrected chi connectivity index (χ1v) is 9.31. The van der Waals surface area contributed by atoms with Crippen LogP contribution in [0.15, 0.2) is 49.8 Å².